The number of amides is 1. The van der Waals surface area contributed by atoms with Crippen molar-refractivity contribution in [1.82, 2.24) is 4.98 Å². The monoisotopic (exact) mass is 286 g/mol. The number of rotatable bonds is 2. The van der Waals surface area contributed by atoms with Gasteiger partial charge >= 0.3 is 0 Å². The van der Waals surface area contributed by atoms with Gasteiger partial charge in [0, 0.05) is 0 Å². The standard InChI is InChI=1S/C10H11BrN2O3/c1-16-7-2-3-8(12-10(7)11)13-5-6(14)4-9(13)15/h2-3,6,14H,4-5H2,1H3/t6-/m1/s1. The van der Waals surface area contributed by atoms with E-state index in [0.29, 0.717) is 22.7 Å². The number of aliphatic hydroxyl groups excluding tert-OH is 1. The molecule has 0 radical (unpaired) electrons. The number of aromatic nitrogens is 1. The van der Waals surface area contributed by atoms with Crippen LogP contribution >= 0.6 is 15.9 Å². The van der Waals surface area contributed by atoms with Crippen molar-refractivity contribution in [2.24, 2.45) is 0 Å². The Balaban J connectivity index is 2.28. The van der Waals surface area contributed by atoms with Crippen LogP contribution < -0.4 is 9.64 Å². The highest BCUT2D eigenvalue weighted by molar-refractivity contribution is 9.10. The molecule has 1 aromatic heterocycles. The molecule has 86 valence electrons. The molecule has 0 spiro atoms. The van der Waals surface area contributed by atoms with E-state index in [-0.39, 0.29) is 12.3 Å². The van der Waals surface area contributed by atoms with Crippen molar-refractivity contribution in [2.75, 3.05) is 18.6 Å². The molecule has 1 amide bonds. The number of carbonyl (C=O) groups excluding carboxylic acids is 1. The highest BCUT2D eigenvalue weighted by Gasteiger charge is 2.30. The summed E-state index contributed by atoms with van der Waals surface area (Å²) in [5.74, 6) is 1.02. The Morgan fingerprint density at radius 1 is 1.62 bits per heavy atom. The van der Waals surface area contributed by atoms with E-state index in [4.69, 9.17) is 4.74 Å². The van der Waals surface area contributed by atoms with Crippen molar-refractivity contribution in [3.8, 4) is 5.75 Å². The molecular formula is C10H11BrN2O3. The molecule has 1 fully saturated rings. The number of hydrogen-bond acceptors (Lipinski definition) is 4. The predicted octanol–water partition coefficient (Wildman–Crippen LogP) is 0.950. The Hall–Kier alpha value is -1.14. The minimum atomic E-state index is -0.602. The van der Waals surface area contributed by atoms with E-state index >= 15 is 0 Å². The lowest BCUT2D eigenvalue weighted by Crippen LogP contribution is -2.26. The smallest absolute Gasteiger partial charge is 0.230 e. The van der Waals surface area contributed by atoms with Crippen LogP contribution in [0.4, 0.5) is 5.82 Å². The molecule has 1 atom stereocenters. The summed E-state index contributed by atoms with van der Waals surface area (Å²) in [5, 5.41) is 9.37. The fourth-order valence-corrected chi connectivity index (χ4v) is 2.10. The van der Waals surface area contributed by atoms with Crippen LogP contribution in [0.15, 0.2) is 16.7 Å². The lowest BCUT2D eigenvalue weighted by Gasteiger charge is -2.15. The van der Waals surface area contributed by atoms with Crippen LogP contribution in [0, 0.1) is 0 Å². The van der Waals surface area contributed by atoms with Crippen LogP contribution in [0.2, 0.25) is 0 Å². The summed E-state index contributed by atoms with van der Waals surface area (Å²) < 4.78 is 5.59. The fraction of sp³-hybridized carbons (Fsp3) is 0.400. The summed E-state index contributed by atoms with van der Waals surface area (Å²) in [7, 11) is 1.55. The largest absolute Gasteiger partial charge is 0.494 e. The number of anilines is 1. The van der Waals surface area contributed by atoms with E-state index in [2.05, 4.69) is 20.9 Å². The number of pyridine rings is 1. The summed E-state index contributed by atoms with van der Waals surface area (Å²) in [5.41, 5.74) is 0. The summed E-state index contributed by atoms with van der Waals surface area (Å²) in [6, 6.07) is 3.42. The van der Waals surface area contributed by atoms with Crippen molar-refractivity contribution < 1.29 is 14.6 Å². The van der Waals surface area contributed by atoms with E-state index in [1.807, 2.05) is 0 Å². The van der Waals surface area contributed by atoms with Gasteiger partial charge in [-0.1, -0.05) is 0 Å². The van der Waals surface area contributed by atoms with Gasteiger partial charge in [0.15, 0.2) is 5.75 Å². The lowest BCUT2D eigenvalue weighted by atomic mass is 10.3. The van der Waals surface area contributed by atoms with Gasteiger partial charge in [0.05, 0.1) is 26.2 Å². The molecule has 1 aromatic rings. The third-order valence-electron chi connectivity index (χ3n) is 2.40. The van der Waals surface area contributed by atoms with Gasteiger partial charge in [-0.15, -0.1) is 0 Å². The van der Waals surface area contributed by atoms with Gasteiger partial charge in [-0.2, -0.15) is 0 Å². The van der Waals surface area contributed by atoms with Crippen LogP contribution in [0.25, 0.3) is 0 Å². The van der Waals surface area contributed by atoms with Gasteiger partial charge in [0.25, 0.3) is 0 Å². The normalized spacial score (nSPS) is 20.3. The van der Waals surface area contributed by atoms with Crippen LogP contribution in [0.1, 0.15) is 6.42 Å². The first-order valence-electron chi connectivity index (χ1n) is 4.81. The predicted molar refractivity (Wildman–Crippen MR) is 61.5 cm³/mol. The number of halogens is 1. The van der Waals surface area contributed by atoms with Gasteiger partial charge in [0.1, 0.15) is 10.4 Å². The average molecular weight is 287 g/mol. The highest BCUT2D eigenvalue weighted by atomic mass is 79.9. The zero-order valence-corrected chi connectivity index (χ0v) is 10.3. The van der Waals surface area contributed by atoms with Crippen LogP contribution in [0.5, 0.6) is 5.75 Å². The molecule has 1 aliphatic rings. The van der Waals surface area contributed by atoms with Crippen molar-refractivity contribution in [2.45, 2.75) is 12.5 Å². The molecule has 0 aliphatic carbocycles. The second-order valence-corrected chi connectivity index (χ2v) is 4.28. The first-order valence-corrected chi connectivity index (χ1v) is 5.60. The SMILES string of the molecule is COc1ccc(N2C[C@H](O)CC2=O)nc1Br. The van der Waals surface area contributed by atoms with Crippen LogP contribution in [0.3, 0.4) is 0 Å². The second-order valence-electron chi connectivity index (χ2n) is 3.52. The summed E-state index contributed by atoms with van der Waals surface area (Å²) in [6.07, 6.45) is -0.444. The average Bonchev–Trinajstić information content (AvgIpc) is 2.58. The zero-order valence-electron chi connectivity index (χ0n) is 8.68. The van der Waals surface area contributed by atoms with Gasteiger partial charge in [-0.05, 0) is 28.1 Å². The van der Waals surface area contributed by atoms with Gasteiger partial charge in [0.2, 0.25) is 5.91 Å². The van der Waals surface area contributed by atoms with Crippen molar-refractivity contribution in [3.05, 3.63) is 16.7 Å². The minimum Gasteiger partial charge on any atom is -0.494 e. The number of carbonyl (C=O) groups is 1. The lowest BCUT2D eigenvalue weighted by molar-refractivity contribution is -0.117. The van der Waals surface area contributed by atoms with Gasteiger partial charge in [-0.25, -0.2) is 4.98 Å². The van der Waals surface area contributed by atoms with Crippen LogP contribution in [-0.2, 0) is 4.79 Å². The molecule has 0 unspecified atom stereocenters. The number of ether oxygens (including phenoxy) is 1. The molecule has 1 aliphatic heterocycles. The van der Waals surface area contributed by atoms with Crippen molar-refractivity contribution in [3.63, 3.8) is 0 Å². The van der Waals surface area contributed by atoms with E-state index in [0.717, 1.165) is 0 Å². The summed E-state index contributed by atoms with van der Waals surface area (Å²) in [6.45, 7) is 0.296. The Kier molecular flexibility index (Phi) is 3.11. The summed E-state index contributed by atoms with van der Waals surface area (Å²) >= 11 is 3.25. The molecule has 1 saturated heterocycles. The molecule has 6 heteroatoms. The highest BCUT2D eigenvalue weighted by Crippen LogP contribution is 2.27. The fourth-order valence-electron chi connectivity index (χ4n) is 1.62. The first kappa shape index (κ1) is 11.3. The topological polar surface area (TPSA) is 62.7 Å². The number of nitrogens with zero attached hydrogens (tertiary/aromatic N) is 2. The van der Waals surface area contributed by atoms with Crippen LogP contribution in [-0.4, -0.2) is 35.8 Å². The Morgan fingerprint density at radius 2 is 2.38 bits per heavy atom. The minimum absolute atomic E-state index is 0.114. The maximum absolute atomic E-state index is 11.5. The Bertz CT molecular complexity index is 425. The maximum Gasteiger partial charge on any atom is 0.230 e. The summed E-state index contributed by atoms with van der Waals surface area (Å²) in [4.78, 5) is 17.2. The van der Waals surface area contributed by atoms with E-state index in [9.17, 15) is 9.90 Å². The molecule has 1 N–H and O–H groups in total. The zero-order chi connectivity index (χ0) is 11.7. The number of aliphatic hydroxyl groups is 1. The Morgan fingerprint density at radius 3 is 2.88 bits per heavy atom. The molecule has 0 aromatic carbocycles. The molecule has 5 nitrogen and oxygen atoms in total. The molecular weight excluding hydrogens is 276 g/mol. The molecule has 0 bridgehead atoms. The molecule has 2 heterocycles. The van der Waals surface area contributed by atoms with Crippen molar-refractivity contribution in [1.29, 1.82) is 0 Å². The quantitative estimate of drug-likeness (QED) is 0.823. The number of hydrogen-bond donors (Lipinski definition) is 1. The Labute approximate surface area is 101 Å². The number of β-amino-alcohol motifs (C(OH)–C–C–N with tert-alkyl or cyclic N) is 1. The van der Waals surface area contributed by atoms with Gasteiger partial charge in [-0.3, -0.25) is 9.69 Å². The molecule has 16 heavy (non-hydrogen) atoms. The first-order chi connectivity index (χ1) is 7.61. The third kappa shape index (κ3) is 2.03. The van der Waals surface area contributed by atoms with E-state index < -0.39 is 6.10 Å². The molecule has 2 rings (SSSR count). The van der Waals surface area contributed by atoms with Crippen molar-refractivity contribution >= 4 is 27.7 Å². The third-order valence-corrected chi connectivity index (χ3v) is 2.97. The molecule has 0 saturated carbocycles. The van der Waals surface area contributed by atoms with Gasteiger partial charge < -0.3 is 9.84 Å². The van der Waals surface area contributed by atoms with E-state index in [1.165, 1.54) is 4.90 Å². The second kappa shape index (κ2) is 4.39. The maximum atomic E-state index is 11.5. The van der Waals surface area contributed by atoms with E-state index in [1.54, 1.807) is 19.2 Å². The number of methoxy groups -OCH3 is 1.